The van der Waals surface area contributed by atoms with Gasteiger partial charge in [-0.1, -0.05) is 53.7 Å². The van der Waals surface area contributed by atoms with E-state index >= 15 is 0 Å². The lowest BCUT2D eigenvalue weighted by molar-refractivity contribution is -0.271. The number of aromatic nitrogens is 3. The Hall–Kier alpha value is -6.78. The first-order valence-corrected chi connectivity index (χ1v) is 21.3. The molecule has 0 bridgehead atoms. The van der Waals surface area contributed by atoms with Gasteiger partial charge in [0.15, 0.2) is 6.10 Å². The number of para-hydroxylation sites is 1. The SMILES string of the molecule is CC(=O)OCc1ccc(O[C@@H]2O[C@H](C(=O)O)[C@@H](O)[C@H](O)[C@H]2O)c(C(=O)NCCCNC(=O)CCOCC(=O)NCCC(=O)N2Cc3ccccc3-c3c(nnn3C(C)C)-c3ccccc32)c1. The van der Waals surface area contributed by atoms with Crippen LogP contribution in [0.25, 0.3) is 22.5 Å². The number of nitrogens with zero attached hydrogens (tertiary/aromatic N) is 4. The van der Waals surface area contributed by atoms with Crippen molar-refractivity contribution >= 4 is 41.3 Å². The lowest BCUT2D eigenvalue weighted by atomic mass is 9.95. The Kier molecular flexibility index (Phi) is 16.5. The zero-order chi connectivity index (χ0) is 47.5. The van der Waals surface area contributed by atoms with Crippen LogP contribution in [0.4, 0.5) is 5.69 Å². The summed E-state index contributed by atoms with van der Waals surface area (Å²) in [5, 5.41) is 57.0. The summed E-state index contributed by atoms with van der Waals surface area (Å²) < 4.78 is 23.1. The van der Waals surface area contributed by atoms with Crippen molar-refractivity contribution in [2.45, 2.75) is 89.9 Å². The second-order valence-electron chi connectivity index (χ2n) is 15.8. The molecule has 6 rings (SSSR count). The molecule has 21 heteroatoms. The molecule has 3 aromatic carbocycles. The number of fused-ring (bicyclic) bond motifs is 5. The molecule has 2 aliphatic rings. The molecule has 1 saturated heterocycles. The number of hydrogen-bond acceptors (Lipinski definition) is 15. The number of esters is 1. The smallest absolute Gasteiger partial charge is 0.335 e. The van der Waals surface area contributed by atoms with Crippen LogP contribution >= 0.6 is 0 Å². The highest BCUT2D eigenvalue weighted by atomic mass is 16.7. The van der Waals surface area contributed by atoms with E-state index < -0.39 is 54.5 Å². The van der Waals surface area contributed by atoms with E-state index in [0.29, 0.717) is 23.5 Å². The third-order valence-corrected chi connectivity index (χ3v) is 10.7. The Bertz CT molecular complexity index is 2410. The van der Waals surface area contributed by atoms with Gasteiger partial charge in [0.2, 0.25) is 24.0 Å². The first kappa shape index (κ1) is 48.7. The minimum atomic E-state index is -1.95. The number of carboxylic acid groups (broad SMARTS) is 1. The van der Waals surface area contributed by atoms with E-state index in [0.717, 1.165) is 22.4 Å². The minimum Gasteiger partial charge on any atom is -0.479 e. The average Bonchev–Trinajstić information content (AvgIpc) is 3.73. The van der Waals surface area contributed by atoms with Crippen molar-refractivity contribution in [2.75, 3.05) is 37.7 Å². The van der Waals surface area contributed by atoms with Gasteiger partial charge in [0.25, 0.3) is 5.91 Å². The van der Waals surface area contributed by atoms with Crippen LogP contribution < -0.4 is 25.6 Å². The van der Waals surface area contributed by atoms with Gasteiger partial charge in [-0.05, 0) is 49.6 Å². The molecule has 0 unspecified atom stereocenters. The predicted molar refractivity (Wildman–Crippen MR) is 232 cm³/mol. The molecule has 7 N–H and O–H groups in total. The molecule has 66 heavy (non-hydrogen) atoms. The molecule has 3 heterocycles. The van der Waals surface area contributed by atoms with Gasteiger partial charge in [0, 0.05) is 56.6 Å². The standard InChI is InChI=1S/C45H53N7O14/c1-25(2)52-38-29-10-5-4-9-28(29)22-51(32-12-7-6-11-30(32)37(38)49-50-52)36(56)15-19-47-35(55)24-63-20-16-34(54)46-17-8-18-48-43(60)31-21-27(23-64-26(3)53)13-14-33(31)65-45-41(59)39(57)40(58)42(66-45)44(61)62/h4-7,9-14,21,25,39-42,45,57-59H,8,15-20,22-24H2,1-3H3,(H,46,54)(H,47,55)(H,48,60)(H,61,62)/t39-,40-,41+,42-,45+/m0/s1. The van der Waals surface area contributed by atoms with Crippen LogP contribution in [0.3, 0.4) is 0 Å². The number of nitrogens with one attached hydrogen (secondary N) is 3. The van der Waals surface area contributed by atoms with Crippen molar-refractivity contribution in [1.82, 2.24) is 30.9 Å². The molecule has 2 aliphatic heterocycles. The third kappa shape index (κ3) is 11.9. The van der Waals surface area contributed by atoms with Gasteiger partial charge in [-0.3, -0.25) is 24.0 Å². The highest BCUT2D eigenvalue weighted by molar-refractivity contribution is 6.00. The highest BCUT2D eigenvalue weighted by Gasteiger charge is 2.48. The molecule has 5 atom stereocenters. The summed E-state index contributed by atoms with van der Waals surface area (Å²) in [6.07, 6.45) is -9.26. The fourth-order valence-corrected chi connectivity index (χ4v) is 7.30. The Morgan fingerprint density at radius 1 is 0.848 bits per heavy atom. The molecule has 352 valence electrons. The number of amides is 4. The number of carbonyl (C=O) groups is 6. The summed E-state index contributed by atoms with van der Waals surface area (Å²) >= 11 is 0. The molecule has 21 nitrogen and oxygen atoms in total. The van der Waals surface area contributed by atoms with E-state index in [1.165, 1.54) is 25.1 Å². The van der Waals surface area contributed by atoms with Crippen molar-refractivity contribution in [3.8, 4) is 28.3 Å². The van der Waals surface area contributed by atoms with E-state index in [1.54, 1.807) is 4.90 Å². The zero-order valence-corrected chi connectivity index (χ0v) is 36.5. The van der Waals surface area contributed by atoms with Crippen LogP contribution in [0.2, 0.25) is 0 Å². The van der Waals surface area contributed by atoms with Crippen LogP contribution in [0, 0.1) is 0 Å². The number of carboxylic acids is 1. The van der Waals surface area contributed by atoms with Gasteiger partial charge in [0.05, 0.1) is 30.1 Å². The number of anilines is 1. The Labute approximate surface area is 379 Å². The van der Waals surface area contributed by atoms with Crippen molar-refractivity contribution in [2.24, 2.45) is 0 Å². The molecular formula is C45H53N7O14. The van der Waals surface area contributed by atoms with E-state index in [1.807, 2.05) is 67.1 Å². The van der Waals surface area contributed by atoms with Gasteiger partial charge in [0.1, 0.15) is 43.0 Å². The second-order valence-corrected chi connectivity index (χ2v) is 15.8. The minimum absolute atomic E-state index is 0.0133. The molecule has 0 saturated carbocycles. The first-order chi connectivity index (χ1) is 31.6. The summed E-state index contributed by atoms with van der Waals surface area (Å²) in [7, 11) is 0. The van der Waals surface area contributed by atoms with Crippen LogP contribution in [0.5, 0.6) is 5.75 Å². The molecular weight excluding hydrogens is 863 g/mol. The largest absolute Gasteiger partial charge is 0.479 e. The quantitative estimate of drug-likeness (QED) is 0.0514. The molecule has 4 amide bonds. The van der Waals surface area contributed by atoms with Gasteiger partial charge in [-0.15, -0.1) is 5.10 Å². The normalized spacial score (nSPS) is 18.7. The maximum Gasteiger partial charge on any atom is 0.335 e. The van der Waals surface area contributed by atoms with Gasteiger partial charge >= 0.3 is 11.9 Å². The molecule has 0 aliphatic carbocycles. The maximum atomic E-state index is 13.8. The van der Waals surface area contributed by atoms with E-state index in [-0.39, 0.29) is 87.9 Å². The van der Waals surface area contributed by atoms with Crippen LogP contribution in [0.15, 0.2) is 66.7 Å². The fourth-order valence-electron chi connectivity index (χ4n) is 7.30. The number of rotatable bonds is 19. The predicted octanol–water partition coefficient (Wildman–Crippen LogP) is 1.22. The summed E-state index contributed by atoms with van der Waals surface area (Å²) in [6.45, 7) is 5.29. The molecule has 1 fully saturated rings. The van der Waals surface area contributed by atoms with Crippen molar-refractivity contribution < 1.29 is 68.1 Å². The van der Waals surface area contributed by atoms with E-state index in [9.17, 15) is 49.2 Å². The van der Waals surface area contributed by atoms with Crippen molar-refractivity contribution in [1.29, 1.82) is 0 Å². The number of hydrogen-bond donors (Lipinski definition) is 7. The van der Waals surface area contributed by atoms with Gasteiger partial charge < -0.3 is 60.2 Å². The lowest BCUT2D eigenvalue weighted by Crippen LogP contribution is -2.61. The Morgan fingerprint density at radius 3 is 2.30 bits per heavy atom. The highest BCUT2D eigenvalue weighted by Crippen LogP contribution is 2.42. The van der Waals surface area contributed by atoms with E-state index in [4.69, 9.17) is 18.9 Å². The van der Waals surface area contributed by atoms with E-state index in [2.05, 4.69) is 26.3 Å². The van der Waals surface area contributed by atoms with Gasteiger partial charge in [-0.25, -0.2) is 9.48 Å². The topological polar surface area (TPSA) is 290 Å². The van der Waals surface area contributed by atoms with Crippen molar-refractivity contribution in [3.63, 3.8) is 0 Å². The summed E-state index contributed by atoms with van der Waals surface area (Å²) in [5.41, 5.74) is 5.15. The van der Waals surface area contributed by atoms with Crippen LogP contribution in [0.1, 0.15) is 67.6 Å². The second kappa shape index (κ2) is 22.4. The van der Waals surface area contributed by atoms with Gasteiger partial charge in [-0.2, -0.15) is 0 Å². The number of ether oxygens (including phenoxy) is 4. The fraction of sp³-hybridized carbons (Fsp3) is 0.422. The number of aliphatic hydroxyl groups is 3. The van der Waals surface area contributed by atoms with Crippen LogP contribution in [-0.4, -0.2) is 135 Å². The third-order valence-electron chi connectivity index (χ3n) is 10.7. The monoisotopic (exact) mass is 915 g/mol. The maximum absolute atomic E-state index is 13.8. The summed E-state index contributed by atoms with van der Waals surface area (Å²) in [6, 6.07) is 19.5. The molecule has 1 aromatic heterocycles. The van der Waals surface area contributed by atoms with Crippen molar-refractivity contribution in [3.05, 3.63) is 83.4 Å². The van der Waals surface area contributed by atoms with Crippen LogP contribution in [-0.2, 0) is 51.3 Å². The molecule has 0 radical (unpaired) electrons. The number of aliphatic carboxylic acids is 1. The average molecular weight is 916 g/mol. The lowest BCUT2D eigenvalue weighted by Gasteiger charge is -2.38. The molecule has 0 spiro atoms. The first-order valence-electron chi connectivity index (χ1n) is 21.3. The summed E-state index contributed by atoms with van der Waals surface area (Å²) in [5.74, 6) is -4.08. The number of benzene rings is 3. The zero-order valence-electron chi connectivity index (χ0n) is 36.5. The number of aliphatic hydroxyl groups excluding tert-OH is 3. The number of carbonyl (C=O) groups excluding carboxylic acids is 5. The summed E-state index contributed by atoms with van der Waals surface area (Å²) in [4.78, 5) is 76.7. The Balaban J connectivity index is 0.918. The molecule has 4 aromatic rings. The Morgan fingerprint density at radius 2 is 1.56 bits per heavy atom.